The molecule has 0 spiro atoms. The van der Waals surface area contributed by atoms with Gasteiger partial charge in [0.2, 0.25) is 0 Å². The largest absolute Gasteiger partial charge is 0.494 e. The third-order valence-electron chi connectivity index (χ3n) is 3.91. The Morgan fingerprint density at radius 1 is 1.12 bits per heavy atom. The van der Waals surface area contributed by atoms with Crippen LogP contribution in [0.25, 0.3) is 0 Å². The molecule has 0 aliphatic carbocycles. The lowest BCUT2D eigenvalue weighted by Gasteiger charge is -2.17. The summed E-state index contributed by atoms with van der Waals surface area (Å²) < 4.78 is 11.4. The molecule has 4 heteroatoms. The summed E-state index contributed by atoms with van der Waals surface area (Å²) in [5.74, 6) is 1.37. The number of ether oxygens (including phenoxy) is 2. The molecular weight excluding hydrogens is 314 g/mol. The molecule has 0 saturated heterocycles. The molecule has 0 saturated carbocycles. The second-order valence-corrected chi connectivity index (χ2v) is 6.24. The number of carbonyl (C=O) groups is 1. The van der Waals surface area contributed by atoms with Gasteiger partial charge < -0.3 is 14.8 Å². The van der Waals surface area contributed by atoms with Crippen LogP contribution in [-0.4, -0.2) is 18.6 Å². The Morgan fingerprint density at radius 2 is 1.84 bits per heavy atom. The van der Waals surface area contributed by atoms with Gasteiger partial charge in [0.1, 0.15) is 11.5 Å². The molecule has 2 aromatic rings. The summed E-state index contributed by atoms with van der Waals surface area (Å²) in [6.07, 6.45) is 1.55. The number of anilines is 1. The second kappa shape index (κ2) is 9.11. The van der Waals surface area contributed by atoms with Gasteiger partial charge in [0, 0.05) is 5.69 Å². The lowest BCUT2D eigenvalue weighted by Crippen LogP contribution is -2.30. The molecule has 0 fully saturated rings. The molecule has 25 heavy (non-hydrogen) atoms. The van der Waals surface area contributed by atoms with Crippen molar-refractivity contribution in [2.45, 2.75) is 46.6 Å². The van der Waals surface area contributed by atoms with Gasteiger partial charge in [-0.1, -0.05) is 25.5 Å². The molecule has 0 radical (unpaired) electrons. The van der Waals surface area contributed by atoms with Crippen molar-refractivity contribution in [2.75, 3.05) is 11.9 Å². The van der Waals surface area contributed by atoms with Crippen LogP contribution in [0, 0.1) is 13.8 Å². The zero-order chi connectivity index (χ0) is 18.2. The van der Waals surface area contributed by atoms with Crippen LogP contribution in [0.5, 0.6) is 11.5 Å². The molecule has 0 aliphatic rings. The normalized spacial score (nSPS) is 11.7. The first-order valence-corrected chi connectivity index (χ1v) is 8.77. The van der Waals surface area contributed by atoms with Crippen molar-refractivity contribution in [1.82, 2.24) is 0 Å². The van der Waals surface area contributed by atoms with Crippen molar-refractivity contribution in [3.05, 3.63) is 53.6 Å². The molecule has 0 bridgehead atoms. The van der Waals surface area contributed by atoms with E-state index in [1.165, 1.54) is 0 Å². The van der Waals surface area contributed by atoms with Crippen molar-refractivity contribution in [2.24, 2.45) is 0 Å². The lowest BCUT2D eigenvalue weighted by atomic mass is 10.1. The Bertz CT molecular complexity index is 695. The van der Waals surface area contributed by atoms with Gasteiger partial charge in [0.05, 0.1) is 6.61 Å². The maximum Gasteiger partial charge on any atom is 0.265 e. The average Bonchev–Trinajstić information content (AvgIpc) is 2.60. The standard InChI is InChI=1S/C21H27NO3/c1-5-6-13-24-19-11-9-18(10-12-19)22-21(23)17(4)25-20-14-15(2)7-8-16(20)3/h7-12,14,17H,5-6,13H2,1-4H3,(H,22,23). The minimum absolute atomic E-state index is 0.180. The Morgan fingerprint density at radius 3 is 2.52 bits per heavy atom. The van der Waals surface area contributed by atoms with E-state index in [0.29, 0.717) is 6.61 Å². The molecule has 1 unspecified atom stereocenters. The van der Waals surface area contributed by atoms with E-state index in [9.17, 15) is 4.79 Å². The predicted molar refractivity (Wildman–Crippen MR) is 101 cm³/mol. The molecule has 1 amide bonds. The number of benzene rings is 2. The topological polar surface area (TPSA) is 47.6 Å². The fraction of sp³-hybridized carbons (Fsp3) is 0.381. The van der Waals surface area contributed by atoms with Crippen LogP contribution in [0.3, 0.4) is 0 Å². The molecule has 0 aromatic heterocycles. The number of carbonyl (C=O) groups excluding carboxylic acids is 1. The summed E-state index contributed by atoms with van der Waals surface area (Å²) in [5.41, 5.74) is 2.84. The van der Waals surface area contributed by atoms with Crippen molar-refractivity contribution in [1.29, 1.82) is 0 Å². The third-order valence-corrected chi connectivity index (χ3v) is 3.91. The molecule has 2 aromatic carbocycles. The van der Waals surface area contributed by atoms with Gasteiger partial charge in [-0.25, -0.2) is 0 Å². The minimum atomic E-state index is -0.582. The number of unbranched alkanes of at least 4 members (excludes halogenated alkanes) is 1. The first-order valence-electron chi connectivity index (χ1n) is 8.77. The fourth-order valence-electron chi connectivity index (χ4n) is 2.29. The summed E-state index contributed by atoms with van der Waals surface area (Å²) in [5, 5.41) is 2.87. The second-order valence-electron chi connectivity index (χ2n) is 6.24. The third kappa shape index (κ3) is 5.82. The average molecular weight is 341 g/mol. The maximum atomic E-state index is 12.3. The SMILES string of the molecule is CCCCOc1ccc(NC(=O)C(C)Oc2cc(C)ccc2C)cc1. The molecular formula is C21H27NO3. The van der Waals surface area contributed by atoms with Gasteiger partial charge in [-0.3, -0.25) is 4.79 Å². The van der Waals surface area contributed by atoms with E-state index in [2.05, 4.69) is 12.2 Å². The summed E-state index contributed by atoms with van der Waals surface area (Å²) >= 11 is 0. The quantitative estimate of drug-likeness (QED) is 0.696. The summed E-state index contributed by atoms with van der Waals surface area (Å²) in [6.45, 7) is 8.56. The maximum absolute atomic E-state index is 12.3. The Balaban J connectivity index is 1.91. The molecule has 4 nitrogen and oxygen atoms in total. The van der Waals surface area contributed by atoms with E-state index in [4.69, 9.17) is 9.47 Å². The highest BCUT2D eigenvalue weighted by atomic mass is 16.5. The van der Waals surface area contributed by atoms with Crippen LogP contribution < -0.4 is 14.8 Å². The number of hydrogen-bond donors (Lipinski definition) is 1. The van der Waals surface area contributed by atoms with E-state index in [-0.39, 0.29) is 5.91 Å². The summed E-state index contributed by atoms with van der Waals surface area (Å²) in [4.78, 5) is 12.3. The Kier molecular flexibility index (Phi) is 6.87. The number of nitrogens with one attached hydrogen (secondary N) is 1. The minimum Gasteiger partial charge on any atom is -0.494 e. The highest BCUT2D eigenvalue weighted by Crippen LogP contribution is 2.21. The van der Waals surface area contributed by atoms with Gasteiger partial charge in [-0.05, 0) is 68.7 Å². The van der Waals surface area contributed by atoms with E-state index in [1.807, 2.05) is 56.3 Å². The van der Waals surface area contributed by atoms with Gasteiger partial charge in [-0.2, -0.15) is 0 Å². The fourth-order valence-corrected chi connectivity index (χ4v) is 2.29. The summed E-state index contributed by atoms with van der Waals surface area (Å²) in [6, 6.07) is 13.4. The van der Waals surface area contributed by atoms with E-state index < -0.39 is 6.10 Å². The van der Waals surface area contributed by atoms with Crippen LogP contribution in [0.1, 0.15) is 37.8 Å². The van der Waals surface area contributed by atoms with Crippen molar-refractivity contribution >= 4 is 11.6 Å². The Labute approximate surface area is 150 Å². The van der Waals surface area contributed by atoms with Crippen LogP contribution in [-0.2, 0) is 4.79 Å². The van der Waals surface area contributed by atoms with Crippen LogP contribution >= 0.6 is 0 Å². The van der Waals surface area contributed by atoms with Gasteiger partial charge in [-0.15, -0.1) is 0 Å². The number of rotatable bonds is 8. The van der Waals surface area contributed by atoms with E-state index in [0.717, 1.165) is 41.2 Å². The molecule has 2 rings (SSSR count). The first kappa shape index (κ1) is 18.8. The van der Waals surface area contributed by atoms with Crippen LogP contribution in [0.2, 0.25) is 0 Å². The highest BCUT2D eigenvalue weighted by molar-refractivity contribution is 5.94. The lowest BCUT2D eigenvalue weighted by molar-refractivity contribution is -0.122. The van der Waals surface area contributed by atoms with Crippen molar-refractivity contribution < 1.29 is 14.3 Å². The van der Waals surface area contributed by atoms with E-state index >= 15 is 0 Å². The summed E-state index contributed by atoms with van der Waals surface area (Å²) in [7, 11) is 0. The highest BCUT2D eigenvalue weighted by Gasteiger charge is 2.16. The number of hydrogen-bond acceptors (Lipinski definition) is 3. The van der Waals surface area contributed by atoms with Gasteiger partial charge >= 0.3 is 0 Å². The molecule has 0 aliphatic heterocycles. The zero-order valence-corrected chi connectivity index (χ0v) is 15.5. The zero-order valence-electron chi connectivity index (χ0n) is 15.5. The van der Waals surface area contributed by atoms with Crippen molar-refractivity contribution in [3.63, 3.8) is 0 Å². The van der Waals surface area contributed by atoms with Gasteiger partial charge in [0.15, 0.2) is 6.10 Å². The monoisotopic (exact) mass is 341 g/mol. The molecule has 1 N–H and O–H groups in total. The van der Waals surface area contributed by atoms with Crippen LogP contribution in [0.4, 0.5) is 5.69 Å². The molecule has 0 heterocycles. The number of amides is 1. The Hall–Kier alpha value is -2.49. The molecule has 1 atom stereocenters. The smallest absolute Gasteiger partial charge is 0.265 e. The van der Waals surface area contributed by atoms with Crippen molar-refractivity contribution in [3.8, 4) is 11.5 Å². The number of aryl methyl sites for hydroxylation is 2. The first-order chi connectivity index (χ1) is 12.0. The predicted octanol–water partition coefficient (Wildman–Crippen LogP) is 4.89. The molecule has 134 valence electrons. The van der Waals surface area contributed by atoms with Crippen LogP contribution in [0.15, 0.2) is 42.5 Å². The van der Waals surface area contributed by atoms with E-state index in [1.54, 1.807) is 6.92 Å². The van der Waals surface area contributed by atoms with Gasteiger partial charge in [0.25, 0.3) is 5.91 Å².